The zero-order valence-electron chi connectivity index (χ0n) is 17.0. The van der Waals surface area contributed by atoms with Crippen LogP contribution in [-0.2, 0) is 19.6 Å². The fraction of sp³-hybridized carbons (Fsp3) is 0.650. The number of hydrogen-bond acceptors (Lipinski definition) is 5. The summed E-state index contributed by atoms with van der Waals surface area (Å²) < 4.78 is 33.0. The van der Waals surface area contributed by atoms with Crippen LogP contribution in [0.5, 0.6) is 0 Å². The average molecular weight is 444 g/mol. The van der Waals surface area contributed by atoms with Crippen LogP contribution in [0.4, 0.5) is 0 Å². The maximum Gasteiger partial charge on any atom is 0.240 e. The molecule has 2 fully saturated rings. The van der Waals surface area contributed by atoms with Crippen molar-refractivity contribution in [3.8, 4) is 0 Å². The summed E-state index contributed by atoms with van der Waals surface area (Å²) >= 11 is 5.87. The third kappa shape index (κ3) is 6.15. The molecule has 1 aromatic rings. The van der Waals surface area contributed by atoms with Gasteiger partial charge in [0.15, 0.2) is 0 Å². The van der Waals surface area contributed by atoms with Gasteiger partial charge in [-0.15, -0.1) is 0 Å². The third-order valence-electron chi connectivity index (χ3n) is 5.40. The number of halogens is 1. The number of nitrogens with one attached hydrogen (secondary N) is 1. The molecule has 1 aromatic carbocycles. The Bertz CT molecular complexity index is 810. The number of amides is 1. The van der Waals surface area contributed by atoms with E-state index >= 15 is 0 Å². The Balaban J connectivity index is 1.50. The minimum absolute atomic E-state index is 0.00403. The number of sulfonamides is 1. The first-order chi connectivity index (χ1) is 13.7. The summed E-state index contributed by atoms with van der Waals surface area (Å²) in [6.07, 6.45) is 2.52. The summed E-state index contributed by atoms with van der Waals surface area (Å²) in [5.41, 5.74) is 0. The molecule has 29 heavy (non-hydrogen) atoms. The number of ether oxygens (including phenoxy) is 1. The smallest absolute Gasteiger partial charge is 0.240 e. The minimum Gasteiger partial charge on any atom is -0.373 e. The molecule has 162 valence electrons. The molecule has 0 spiro atoms. The van der Waals surface area contributed by atoms with Crippen LogP contribution < -0.4 is 4.72 Å². The van der Waals surface area contributed by atoms with Crippen molar-refractivity contribution >= 4 is 27.5 Å². The van der Waals surface area contributed by atoms with Crippen molar-refractivity contribution in [2.24, 2.45) is 0 Å². The van der Waals surface area contributed by atoms with Crippen molar-refractivity contribution in [2.75, 3.05) is 32.7 Å². The topological polar surface area (TPSA) is 79.0 Å². The lowest BCUT2D eigenvalue weighted by molar-refractivity contribution is -0.132. The van der Waals surface area contributed by atoms with E-state index in [0.717, 1.165) is 39.0 Å². The van der Waals surface area contributed by atoms with Crippen LogP contribution in [0, 0.1) is 0 Å². The van der Waals surface area contributed by atoms with Gasteiger partial charge in [-0.25, -0.2) is 13.1 Å². The van der Waals surface area contributed by atoms with Gasteiger partial charge in [-0.05, 0) is 44.9 Å². The van der Waals surface area contributed by atoms with Crippen LogP contribution in [0.2, 0.25) is 5.02 Å². The molecular formula is C20H30ClN3O4S. The Labute approximate surface area is 178 Å². The molecule has 0 unspecified atom stereocenters. The van der Waals surface area contributed by atoms with E-state index in [1.165, 1.54) is 12.1 Å². The van der Waals surface area contributed by atoms with Crippen LogP contribution in [0.3, 0.4) is 0 Å². The Kier molecular flexibility index (Phi) is 7.56. The summed E-state index contributed by atoms with van der Waals surface area (Å²) in [6, 6.07) is 6.27. The molecule has 0 radical (unpaired) electrons. The van der Waals surface area contributed by atoms with Crippen molar-refractivity contribution in [3.63, 3.8) is 0 Å². The normalized spacial score (nSPS) is 26.0. The number of carbonyl (C=O) groups excluding carboxylic acids is 1. The summed E-state index contributed by atoms with van der Waals surface area (Å²) in [6.45, 7) is 7.56. The Morgan fingerprint density at radius 2 is 2.00 bits per heavy atom. The van der Waals surface area contributed by atoms with E-state index in [2.05, 4.69) is 23.5 Å². The molecule has 0 bridgehead atoms. The highest BCUT2D eigenvalue weighted by Crippen LogP contribution is 2.21. The van der Waals surface area contributed by atoms with E-state index in [-0.39, 0.29) is 42.0 Å². The zero-order chi connectivity index (χ0) is 21.0. The van der Waals surface area contributed by atoms with E-state index in [1.807, 2.05) is 4.90 Å². The van der Waals surface area contributed by atoms with Gasteiger partial charge in [-0.2, -0.15) is 0 Å². The zero-order valence-corrected chi connectivity index (χ0v) is 18.6. The molecule has 3 atom stereocenters. The van der Waals surface area contributed by atoms with Gasteiger partial charge in [0.1, 0.15) is 0 Å². The fourth-order valence-corrected chi connectivity index (χ4v) is 5.57. The van der Waals surface area contributed by atoms with Gasteiger partial charge in [-0.1, -0.05) is 17.7 Å². The maximum atomic E-state index is 12.7. The molecule has 1 amide bonds. The third-order valence-corrected chi connectivity index (χ3v) is 7.09. The summed E-state index contributed by atoms with van der Waals surface area (Å²) in [5, 5.41) is 0.357. The lowest BCUT2D eigenvalue weighted by Gasteiger charge is -2.38. The molecule has 0 aliphatic carbocycles. The summed E-state index contributed by atoms with van der Waals surface area (Å²) in [5.74, 6) is -0.00403. The van der Waals surface area contributed by atoms with E-state index in [4.69, 9.17) is 16.3 Å². The highest BCUT2D eigenvalue weighted by Gasteiger charge is 2.32. The second-order valence-electron chi connectivity index (χ2n) is 7.96. The van der Waals surface area contributed by atoms with Crippen LogP contribution in [0.15, 0.2) is 29.2 Å². The summed E-state index contributed by atoms with van der Waals surface area (Å²) in [4.78, 5) is 17.1. The molecule has 0 saturated carbocycles. The monoisotopic (exact) mass is 443 g/mol. The second kappa shape index (κ2) is 9.75. The van der Waals surface area contributed by atoms with Gasteiger partial charge >= 0.3 is 0 Å². The van der Waals surface area contributed by atoms with Crippen LogP contribution >= 0.6 is 11.6 Å². The van der Waals surface area contributed by atoms with Crippen molar-refractivity contribution in [1.29, 1.82) is 0 Å². The van der Waals surface area contributed by atoms with Gasteiger partial charge in [0.2, 0.25) is 15.9 Å². The number of carbonyl (C=O) groups is 1. The molecule has 2 aliphatic heterocycles. The molecular weight excluding hydrogens is 414 g/mol. The van der Waals surface area contributed by atoms with Crippen molar-refractivity contribution in [3.05, 3.63) is 29.3 Å². The molecule has 1 N–H and O–H groups in total. The predicted octanol–water partition coefficient (Wildman–Crippen LogP) is 2.11. The average Bonchev–Trinajstić information content (AvgIpc) is 3.09. The number of nitrogens with zero attached hydrogens (tertiary/aromatic N) is 2. The molecule has 2 aliphatic rings. The van der Waals surface area contributed by atoms with Gasteiger partial charge in [0, 0.05) is 50.2 Å². The Morgan fingerprint density at radius 3 is 2.69 bits per heavy atom. The van der Waals surface area contributed by atoms with Crippen molar-refractivity contribution in [1.82, 2.24) is 14.5 Å². The molecule has 9 heteroatoms. The second-order valence-corrected chi connectivity index (χ2v) is 10.2. The van der Waals surface area contributed by atoms with E-state index < -0.39 is 10.0 Å². The highest BCUT2D eigenvalue weighted by atomic mass is 35.5. The first-order valence-electron chi connectivity index (χ1n) is 10.2. The lowest BCUT2D eigenvalue weighted by atomic mass is 10.1. The first kappa shape index (κ1) is 22.5. The standard InChI is InChI=1S/C20H30ClN3O4S/c1-15-12-23(13-16(2)28-15)14-18-6-4-10-24(18)20(25)8-9-22-29(26,27)19-7-3-5-17(21)11-19/h3,5,7,11,15-16,18,22H,4,6,8-10,12-14H2,1-2H3/t15-,16-,18+/m1/s1. The molecule has 3 rings (SSSR count). The van der Waals surface area contributed by atoms with Gasteiger partial charge in [-0.3, -0.25) is 9.69 Å². The number of likely N-dealkylation sites (tertiary alicyclic amines) is 1. The fourth-order valence-electron chi connectivity index (χ4n) is 4.24. The molecule has 2 saturated heterocycles. The van der Waals surface area contributed by atoms with Crippen molar-refractivity contribution < 1.29 is 17.9 Å². The van der Waals surface area contributed by atoms with Crippen molar-refractivity contribution in [2.45, 2.75) is 56.3 Å². The predicted molar refractivity (Wildman–Crippen MR) is 112 cm³/mol. The molecule has 7 nitrogen and oxygen atoms in total. The first-order valence-corrected chi connectivity index (χ1v) is 12.0. The summed E-state index contributed by atoms with van der Waals surface area (Å²) in [7, 11) is -3.68. The Morgan fingerprint density at radius 1 is 1.28 bits per heavy atom. The van der Waals surface area contributed by atoms with E-state index in [1.54, 1.807) is 12.1 Å². The van der Waals surface area contributed by atoms with E-state index in [0.29, 0.717) is 5.02 Å². The minimum atomic E-state index is -3.68. The Hall–Kier alpha value is -1.19. The highest BCUT2D eigenvalue weighted by molar-refractivity contribution is 7.89. The molecule has 0 aromatic heterocycles. The van der Waals surface area contributed by atoms with E-state index in [9.17, 15) is 13.2 Å². The maximum absolute atomic E-state index is 12.7. The number of morpholine rings is 1. The van der Waals surface area contributed by atoms with Gasteiger partial charge < -0.3 is 9.64 Å². The number of benzene rings is 1. The quantitative estimate of drug-likeness (QED) is 0.698. The van der Waals surface area contributed by atoms with Gasteiger partial charge in [0.05, 0.1) is 17.1 Å². The lowest BCUT2D eigenvalue weighted by Crippen LogP contribution is -2.51. The van der Waals surface area contributed by atoms with Gasteiger partial charge in [0.25, 0.3) is 0 Å². The SMILES string of the molecule is C[C@@H]1CN(C[C@@H]2CCCN2C(=O)CCNS(=O)(=O)c2cccc(Cl)c2)C[C@@H](C)O1. The molecule has 2 heterocycles. The largest absolute Gasteiger partial charge is 0.373 e. The number of hydrogen-bond donors (Lipinski definition) is 1. The van der Waals surface area contributed by atoms with Crippen LogP contribution in [-0.4, -0.2) is 75.1 Å². The van der Waals surface area contributed by atoms with Crippen LogP contribution in [0.1, 0.15) is 33.1 Å². The number of rotatable bonds is 7. The van der Waals surface area contributed by atoms with Crippen LogP contribution in [0.25, 0.3) is 0 Å².